The van der Waals surface area contributed by atoms with Gasteiger partial charge in [0.25, 0.3) is 15.9 Å². The molecule has 0 radical (unpaired) electrons. The summed E-state index contributed by atoms with van der Waals surface area (Å²) in [7, 11) is -3.91. The molecule has 2 aromatic rings. The molecule has 0 saturated heterocycles. The molecule has 0 fully saturated rings. The Morgan fingerprint density at radius 1 is 1.22 bits per heavy atom. The summed E-state index contributed by atoms with van der Waals surface area (Å²) in [6.45, 7) is 3.59. The maximum Gasteiger partial charge on any atom is 0.261 e. The summed E-state index contributed by atoms with van der Waals surface area (Å²) in [6, 6.07) is 8.83. The van der Waals surface area contributed by atoms with Gasteiger partial charge in [0.1, 0.15) is 11.6 Å². The van der Waals surface area contributed by atoms with Crippen LogP contribution in [0.25, 0.3) is 0 Å². The molecule has 146 valence electrons. The SMILES string of the molecule is CC[C@@H](C)NC(=O)COc1ccc(S(=O)(=O)Nc2ccc(F)cc2)cc1Cl. The fourth-order valence-electron chi connectivity index (χ4n) is 2.06. The first-order valence-electron chi connectivity index (χ1n) is 8.21. The van der Waals surface area contributed by atoms with E-state index >= 15 is 0 Å². The second kappa shape index (κ2) is 9.05. The fourth-order valence-corrected chi connectivity index (χ4v) is 3.44. The molecule has 1 amide bonds. The number of carbonyl (C=O) groups is 1. The standard InChI is InChI=1S/C18H20ClFN2O4S/c1-3-12(2)21-18(23)11-26-17-9-8-15(10-16(17)19)27(24,25)22-14-6-4-13(20)5-7-14/h4-10,12,22H,3,11H2,1-2H3,(H,21,23)/t12-/m1/s1. The Bertz CT molecular complexity index is 904. The van der Waals surface area contributed by atoms with Crippen LogP contribution >= 0.6 is 11.6 Å². The van der Waals surface area contributed by atoms with E-state index in [1.54, 1.807) is 0 Å². The predicted octanol–water partition coefficient (Wildman–Crippen LogP) is 3.57. The van der Waals surface area contributed by atoms with Gasteiger partial charge >= 0.3 is 0 Å². The molecule has 1 atom stereocenters. The van der Waals surface area contributed by atoms with E-state index in [0.29, 0.717) is 0 Å². The van der Waals surface area contributed by atoms with E-state index in [-0.39, 0.29) is 39.9 Å². The number of sulfonamides is 1. The Morgan fingerprint density at radius 2 is 1.89 bits per heavy atom. The van der Waals surface area contributed by atoms with Crippen LogP contribution in [0.2, 0.25) is 5.02 Å². The highest BCUT2D eigenvalue weighted by atomic mass is 35.5. The summed E-state index contributed by atoms with van der Waals surface area (Å²) in [4.78, 5) is 11.6. The smallest absolute Gasteiger partial charge is 0.261 e. The Morgan fingerprint density at radius 3 is 2.48 bits per heavy atom. The highest BCUT2D eigenvalue weighted by Gasteiger charge is 2.17. The van der Waals surface area contributed by atoms with Crippen LogP contribution in [0, 0.1) is 5.82 Å². The summed E-state index contributed by atoms with van der Waals surface area (Å²) in [5.74, 6) is -0.577. The zero-order valence-electron chi connectivity index (χ0n) is 14.8. The van der Waals surface area contributed by atoms with Gasteiger partial charge in [0.2, 0.25) is 0 Å². The normalized spacial score (nSPS) is 12.3. The van der Waals surface area contributed by atoms with E-state index in [1.165, 1.54) is 30.3 Å². The van der Waals surface area contributed by atoms with Gasteiger partial charge in [-0.25, -0.2) is 12.8 Å². The molecule has 0 aliphatic heterocycles. The Labute approximate surface area is 162 Å². The van der Waals surface area contributed by atoms with Crippen LogP contribution in [0.5, 0.6) is 5.75 Å². The number of benzene rings is 2. The number of hydrogen-bond donors (Lipinski definition) is 2. The number of ether oxygens (including phenoxy) is 1. The number of carbonyl (C=O) groups excluding carboxylic acids is 1. The monoisotopic (exact) mass is 414 g/mol. The van der Waals surface area contributed by atoms with Crippen molar-refractivity contribution in [2.24, 2.45) is 0 Å². The summed E-state index contributed by atoms with van der Waals surface area (Å²) < 4.78 is 45.4. The lowest BCUT2D eigenvalue weighted by Gasteiger charge is -2.13. The highest BCUT2D eigenvalue weighted by molar-refractivity contribution is 7.92. The highest BCUT2D eigenvalue weighted by Crippen LogP contribution is 2.28. The summed E-state index contributed by atoms with van der Waals surface area (Å²) >= 11 is 6.08. The van der Waals surface area contributed by atoms with E-state index in [0.717, 1.165) is 18.6 Å². The van der Waals surface area contributed by atoms with E-state index in [4.69, 9.17) is 16.3 Å². The average molecular weight is 415 g/mol. The van der Waals surface area contributed by atoms with E-state index in [2.05, 4.69) is 10.0 Å². The Balaban J connectivity index is 2.06. The first-order valence-corrected chi connectivity index (χ1v) is 10.1. The van der Waals surface area contributed by atoms with Gasteiger partial charge in [0, 0.05) is 11.7 Å². The van der Waals surface area contributed by atoms with Crippen LogP contribution in [0.1, 0.15) is 20.3 Å². The quantitative estimate of drug-likeness (QED) is 0.691. The molecule has 0 aromatic heterocycles. The van der Waals surface area contributed by atoms with Crippen LogP contribution < -0.4 is 14.8 Å². The van der Waals surface area contributed by atoms with Crippen molar-refractivity contribution in [3.8, 4) is 5.75 Å². The molecular formula is C18H20ClFN2O4S. The largest absolute Gasteiger partial charge is 0.482 e. The Kier molecular flexibility index (Phi) is 7.04. The number of amides is 1. The van der Waals surface area contributed by atoms with Crippen molar-refractivity contribution in [3.63, 3.8) is 0 Å². The maximum absolute atomic E-state index is 12.9. The summed E-state index contributed by atoms with van der Waals surface area (Å²) in [6.07, 6.45) is 0.792. The van der Waals surface area contributed by atoms with Crippen molar-refractivity contribution < 1.29 is 22.3 Å². The lowest BCUT2D eigenvalue weighted by molar-refractivity contribution is -0.123. The second-order valence-electron chi connectivity index (χ2n) is 5.87. The lowest BCUT2D eigenvalue weighted by atomic mass is 10.2. The minimum absolute atomic E-state index is 0.0293. The van der Waals surface area contributed by atoms with Gasteiger partial charge in [-0.05, 0) is 55.8 Å². The first kappa shape index (κ1) is 21.0. The van der Waals surface area contributed by atoms with Gasteiger partial charge in [-0.1, -0.05) is 18.5 Å². The number of halogens is 2. The molecule has 0 heterocycles. The molecule has 0 unspecified atom stereocenters. The van der Waals surface area contributed by atoms with Gasteiger partial charge < -0.3 is 10.1 Å². The molecular weight excluding hydrogens is 395 g/mol. The van der Waals surface area contributed by atoms with Crippen molar-refractivity contribution in [2.75, 3.05) is 11.3 Å². The molecule has 2 aromatic carbocycles. The Hall–Kier alpha value is -2.32. The molecule has 2 N–H and O–H groups in total. The molecule has 0 bridgehead atoms. The number of hydrogen-bond acceptors (Lipinski definition) is 4. The van der Waals surface area contributed by atoms with Crippen molar-refractivity contribution in [2.45, 2.75) is 31.2 Å². The third-order valence-electron chi connectivity index (χ3n) is 3.69. The second-order valence-corrected chi connectivity index (χ2v) is 7.96. The molecule has 0 aliphatic rings. The van der Waals surface area contributed by atoms with Crippen molar-refractivity contribution in [1.82, 2.24) is 5.32 Å². The molecule has 0 spiro atoms. The van der Waals surface area contributed by atoms with Gasteiger partial charge in [0.15, 0.2) is 6.61 Å². The van der Waals surface area contributed by atoms with E-state index in [9.17, 15) is 17.6 Å². The topological polar surface area (TPSA) is 84.5 Å². The van der Waals surface area contributed by atoms with Crippen LogP contribution in [0.4, 0.5) is 10.1 Å². The minimum Gasteiger partial charge on any atom is -0.482 e. The fraction of sp³-hybridized carbons (Fsp3) is 0.278. The molecule has 2 rings (SSSR count). The van der Waals surface area contributed by atoms with Crippen LogP contribution in [0.3, 0.4) is 0 Å². The average Bonchev–Trinajstić information content (AvgIpc) is 2.62. The molecule has 0 aliphatic carbocycles. The van der Waals surface area contributed by atoms with E-state index < -0.39 is 15.8 Å². The third kappa shape index (κ3) is 6.11. The molecule has 6 nitrogen and oxygen atoms in total. The number of rotatable bonds is 8. The van der Waals surface area contributed by atoms with Crippen LogP contribution in [-0.4, -0.2) is 27.0 Å². The molecule has 9 heteroatoms. The zero-order chi connectivity index (χ0) is 20.0. The van der Waals surface area contributed by atoms with Crippen LogP contribution in [0.15, 0.2) is 47.4 Å². The third-order valence-corrected chi connectivity index (χ3v) is 5.36. The van der Waals surface area contributed by atoms with Gasteiger partial charge in [-0.3, -0.25) is 9.52 Å². The van der Waals surface area contributed by atoms with Gasteiger partial charge in [0.05, 0.1) is 9.92 Å². The van der Waals surface area contributed by atoms with Crippen molar-refractivity contribution >= 4 is 33.2 Å². The van der Waals surface area contributed by atoms with Crippen molar-refractivity contribution in [3.05, 3.63) is 53.3 Å². The zero-order valence-corrected chi connectivity index (χ0v) is 16.4. The number of anilines is 1. The predicted molar refractivity (Wildman–Crippen MR) is 102 cm³/mol. The van der Waals surface area contributed by atoms with Crippen molar-refractivity contribution in [1.29, 1.82) is 0 Å². The first-order chi connectivity index (χ1) is 12.7. The lowest BCUT2D eigenvalue weighted by Crippen LogP contribution is -2.35. The number of nitrogens with one attached hydrogen (secondary N) is 2. The van der Waals surface area contributed by atoms with Crippen LogP contribution in [-0.2, 0) is 14.8 Å². The van der Waals surface area contributed by atoms with Gasteiger partial charge in [-0.2, -0.15) is 0 Å². The summed E-state index contributed by atoms with van der Waals surface area (Å²) in [5, 5.41) is 2.80. The van der Waals surface area contributed by atoms with E-state index in [1.807, 2.05) is 13.8 Å². The van der Waals surface area contributed by atoms with Gasteiger partial charge in [-0.15, -0.1) is 0 Å². The molecule has 0 saturated carbocycles. The summed E-state index contributed by atoms with van der Waals surface area (Å²) in [5.41, 5.74) is 0.217. The maximum atomic E-state index is 12.9. The minimum atomic E-state index is -3.91. The molecule has 27 heavy (non-hydrogen) atoms.